The molecule has 110 valence electrons. The van der Waals surface area contributed by atoms with Crippen LogP contribution in [0.3, 0.4) is 0 Å². The van der Waals surface area contributed by atoms with Crippen molar-refractivity contribution in [2.45, 2.75) is 11.1 Å². The topological polar surface area (TPSA) is 40.5 Å². The Labute approximate surface area is 118 Å². The van der Waals surface area contributed by atoms with Crippen molar-refractivity contribution in [1.82, 2.24) is 4.90 Å². The van der Waals surface area contributed by atoms with Crippen molar-refractivity contribution >= 4 is 17.7 Å². The third kappa shape index (κ3) is 3.89. The molecule has 20 heavy (non-hydrogen) atoms. The molecule has 0 radical (unpaired) electrons. The number of benzene rings is 1. The molecule has 0 aliphatic carbocycles. The van der Waals surface area contributed by atoms with Crippen LogP contribution in [0.25, 0.3) is 0 Å². The second kappa shape index (κ2) is 6.05. The Morgan fingerprint density at radius 1 is 1.40 bits per heavy atom. The summed E-state index contributed by atoms with van der Waals surface area (Å²) in [6.07, 6.45) is -4.32. The number of nitrogens with zero attached hydrogens (tertiary/aromatic N) is 1. The number of carboxylic acids is 1. The Balaban J connectivity index is 1.77. The maximum Gasteiger partial charge on any atom is 0.416 e. The van der Waals surface area contributed by atoms with Gasteiger partial charge in [-0.25, -0.2) is 0 Å². The third-order valence-corrected chi connectivity index (χ3v) is 4.12. The van der Waals surface area contributed by atoms with Crippen LogP contribution in [0.15, 0.2) is 29.2 Å². The molecule has 3 nitrogen and oxygen atoms in total. The Bertz CT molecular complexity index is 487. The van der Waals surface area contributed by atoms with Crippen molar-refractivity contribution in [1.29, 1.82) is 0 Å². The van der Waals surface area contributed by atoms with Gasteiger partial charge in [0, 0.05) is 30.3 Å². The molecule has 1 saturated heterocycles. The van der Waals surface area contributed by atoms with Crippen LogP contribution in [-0.2, 0) is 11.0 Å². The summed E-state index contributed by atoms with van der Waals surface area (Å²) in [7, 11) is 0. The van der Waals surface area contributed by atoms with Gasteiger partial charge in [-0.05, 0) is 18.2 Å². The van der Waals surface area contributed by atoms with Crippen LogP contribution in [0.2, 0.25) is 0 Å². The summed E-state index contributed by atoms with van der Waals surface area (Å²) < 4.78 is 37.6. The molecule has 7 heteroatoms. The molecule has 0 unspecified atom stereocenters. The van der Waals surface area contributed by atoms with Gasteiger partial charge in [-0.1, -0.05) is 6.07 Å². The average Bonchev–Trinajstić information content (AvgIpc) is 2.30. The van der Waals surface area contributed by atoms with Gasteiger partial charge in [0.05, 0.1) is 11.5 Å². The number of rotatable bonds is 5. The largest absolute Gasteiger partial charge is 0.481 e. The van der Waals surface area contributed by atoms with Gasteiger partial charge >= 0.3 is 12.1 Å². The van der Waals surface area contributed by atoms with Crippen LogP contribution in [0.1, 0.15) is 5.56 Å². The number of hydrogen-bond donors (Lipinski definition) is 1. The molecule has 0 aromatic heterocycles. The lowest BCUT2D eigenvalue weighted by molar-refractivity contribution is -0.147. The van der Waals surface area contributed by atoms with Crippen LogP contribution in [-0.4, -0.2) is 41.4 Å². The standard InChI is InChI=1S/C13H14F3NO2S/c14-13(15,16)10-2-1-3-11(6-10)20-5-4-17-7-9(8-17)12(18)19/h1-3,6,9H,4-5,7-8H2,(H,18,19). The number of thioether (sulfide) groups is 1. The van der Waals surface area contributed by atoms with Gasteiger partial charge in [0.2, 0.25) is 0 Å². The lowest BCUT2D eigenvalue weighted by Gasteiger charge is -2.36. The molecular formula is C13H14F3NO2S. The minimum Gasteiger partial charge on any atom is -0.481 e. The quantitative estimate of drug-likeness (QED) is 0.849. The fraction of sp³-hybridized carbons (Fsp3) is 0.462. The molecule has 1 aromatic carbocycles. The Hall–Kier alpha value is -1.21. The minimum absolute atomic E-state index is 0.298. The first-order chi connectivity index (χ1) is 9.36. The maximum atomic E-state index is 12.5. The second-order valence-corrected chi connectivity index (χ2v) is 5.84. The third-order valence-electron chi connectivity index (χ3n) is 3.14. The number of hydrogen-bond acceptors (Lipinski definition) is 3. The van der Waals surface area contributed by atoms with Crippen LogP contribution < -0.4 is 0 Å². The first kappa shape index (κ1) is 15.2. The number of carbonyl (C=O) groups is 1. The average molecular weight is 305 g/mol. The van der Waals surface area contributed by atoms with E-state index >= 15 is 0 Å². The lowest BCUT2D eigenvalue weighted by Crippen LogP contribution is -2.50. The summed E-state index contributed by atoms with van der Waals surface area (Å²) in [5, 5.41) is 8.72. The zero-order valence-corrected chi connectivity index (χ0v) is 11.4. The normalized spacial score (nSPS) is 16.9. The van der Waals surface area contributed by atoms with E-state index in [0.717, 1.165) is 12.1 Å². The van der Waals surface area contributed by atoms with Gasteiger partial charge in [-0.15, -0.1) is 11.8 Å². The molecule has 1 aromatic rings. The van der Waals surface area contributed by atoms with Crippen LogP contribution in [0, 0.1) is 5.92 Å². The molecule has 0 saturated carbocycles. The van der Waals surface area contributed by atoms with Crippen molar-refractivity contribution in [3.8, 4) is 0 Å². The fourth-order valence-corrected chi connectivity index (χ4v) is 2.93. The molecule has 0 spiro atoms. The fourth-order valence-electron chi connectivity index (χ4n) is 1.96. The highest BCUT2D eigenvalue weighted by Gasteiger charge is 2.32. The van der Waals surface area contributed by atoms with Crippen LogP contribution in [0.4, 0.5) is 13.2 Å². The van der Waals surface area contributed by atoms with Gasteiger partial charge in [0.25, 0.3) is 0 Å². The summed E-state index contributed by atoms with van der Waals surface area (Å²) in [4.78, 5) is 13.2. The summed E-state index contributed by atoms with van der Waals surface area (Å²) in [6, 6.07) is 5.24. The van der Waals surface area contributed by atoms with E-state index in [0.29, 0.717) is 30.3 Å². The van der Waals surface area contributed by atoms with Crippen LogP contribution >= 0.6 is 11.8 Å². The van der Waals surface area contributed by atoms with Gasteiger partial charge in [-0.2, -0.15) is 13.2 Å². The molecule has 0 atom stereocenters. The van der Waals surface area contributed by atoms with E-state index in [9.17, 15) is 18.0 Å². The number of aliphatic carboxylic acids is 1. The second-order valence-electron chi connectivity index (χ2n) is 4.67. The van der Waals surface area contributed by atoms with E-state index in [-0.39, 0.29) is 5.92 Å². The lowest BCUT2D eigenvalue weighted by atomic mass is 10.0. The Kier molecular flexibility index (Phi) is 4.59. The molecule has 1 aliphatic heterocycles. The Morgan fingerprint density at radius 2 is 2.10 bits per heavy atom. The van der Waals surface area contributed by atoms with Crippen molar-refractivity contribution in [3.63, 3.8) is 0 Å². The zero-order chi connectivity index (χ0) is 14.8. The van der Waals surface area contributed by atoms with Crippen molar-refractivity contribution in [2.75, 3.05) is 25.4 Å². The summed E-state index contributed by atoms with van der Waals surface area (Å²) in [5.74, 6) is -0.437. The number of likely N-dealkylation sites (tertiary alicyclic amines) is 1. The van der Waals surface area contributed by atoms with E-state index in [2.05, 4.69) is 0 Å². The molecule has 0 amide bonds. The van der Waals surface area contributed by atoms with Crippen molar-refractivity contribution < 1.29 is 23.1 Å². The highest BCUT2D eigenvalue weighted by molar-refractivity contribution is 7.99. The molecule has 1 aliphatic rings. The smallest absolute Gasteiger partial charge is 0.416 e. The predicted octanol–water partition coefficient (Wildman–Crippen LogP) is 2.81. The van der Waals surface area contributed by atoms with E-state index in [4.69, 9.17) is 5.11 Å². The first-order valence-corrected chi connectivity index (χ1v) is 7.10. The van der Waals surface area contributed by atoms with E-state index in [1.807, 2.05) is 4.90 Å². The minimum atomic E-state index is -4.32. The molecule has 2 rings (SSSR count). The molecular weight excluding hydrogens is 291 g/mol. The van der Waals surface area contributed by atoms with Gasteiger partial charge in [0.15, 0.2) is 0 Å². The summed E-state index contributed by atoms with van der Waals surface area (Å²) >= 11 is 1.35. The zero-order valence-electron chi connectivity index (χ0n) is 10.6. The Morgan fingerprint density at radius 3 is 2.70 bits per heavy atom. The van der Waals surface area contributed by atoms with Gasteiger partial charge in [0.1, 0.15) is 0 Å². The predicted molar refractivity (Wildman–Crippen MR) is 69.7 cm³/mol. The summed E-state index contributed by atoms with van der Waals surface area (Å²) in [5.41, 5.74) is -0.641. The van der Waals surface area contributed by atoms with Gasteiger partial charge in [-0.3, -0.25) is 4.79 Å². The highest BCUT2D eigenvalue weighted by Crippen LogP contribution is 2.32. The van der Waals surface area contributed by atoms with Gasteiger partial charge < -0.3 is 10.0 Å². The monoisotopic (exact) mass is 305 g/mol. The van der Waals surface area contributed by atoms with Crippen molar-refractivity contribution in [3.05, 3.63) is 29.8 Å². The van der Waals surface area contributed by atoms with E-state index < -0.39 is 17.7 Å². The first-order valence-electron chi connectivity index (χ1n) is 6.11. The number of carboxylic acid groups (broad SMARTS) is 1. The molecule has 0 bridgehead atoms. The molecule has 1 heterocycles. The van der Waals surface area contributed by atoms with E-state index in [1.54, 1.807) is 6.07 Å². The maximum absolute atomic E-state index is 12.5. The van der Waals surface area contributed by atoms with Crippen LogP contribution in [0.5, 0.6) is 0 Å². The SMILES string of the molecule is O=C(O)C1CN(CCSc2cccc(C(F)(F)F)c2)C1. The molecule has 1 fully saturated rings. The molecule has 1 N–H and O–H groups in total. The number of halogens is 3. The van der Waals surface area contributed by atoms with E-state index in [1.165, 1.54) is 17.8 Å². The van der Waals surface area contributed by atoms with Crippen molar-refractivity contribution in [2.24, 2.45) is 5.92 Å². The number of alkyl halides is 3. The summed E-state index contributed by atoms with van der Waals surface area (Å²) in [6.45, 7) is 1.74. The highest BCUT2D eigenvalue weighted by atomic mass is 32.2.